The molecule has 1 aromatic carbocycles. The smallest absolute Gasteiger partial charge is 0.221 e. The van der Waals surface area contributed by atoms with Crippen LogP contribution in [-0.2, 0) is 4.74 Å². The van der Waals surface area contributed by atoms with Crippen LogP contribution in [0, 0.1) is 0 Å². The van der Waals surface area contributed by atoms with Gasteiger partial charge in [0.2, 0.25) is 5.79 Å². The standard InChI is InChI=1S/C20H27FO2/c1-2-3-4-5-6-10-15-23-20(22)14-13-18(16-19(20)21)17-11-8-7-9-12-17/h7-9,11-14,16,19,22H,2-6,10,15H2,1H3. The van der Waals surface area contributed by atoms with Crippen LogP contribution in [0.15, 0.2) is 48.6 Å². The molecule has 2 rings (SSSR count). The maximum absolute atomic E-state index is 14.3. The topological polar surface area (TPSA) is 29.5 Å². The lowest BCUT2D eigenvalue weighted by Crippen LogP contribution is -2.41. The van der Waals surface area contributed by atoms with Crippen LogP contribution < -0.4 is 0 Å². The fourth-order valence-electron chi connectivity index (χ4n) is 2.70. The van der Waals surface area contributed by atoms with Crippen molar-refractivity contribution in [3.05, 3.63) is 54.1 Å². The van der Waals surface area contributed by atoms with E-state index in [-0.39, 0.29) is 0 Å². The third-order valence-electron chi connectivity index (χ3n) is 4.16. The molecule has 2 nitrogen and oxygen atoms in total. The molecule has 1 N–H and O–H groups in total. The summed E-state index contributed by atoms with van der Waals surface area (Å²) in [5.41, 5.74) is 1.70. The van der Waals surface area contributed by atoms with Gasteiger partial charge in [0.15, 0.2) is 6.17 Å². The molecule has 0 bridgehead atoms. The molecule has 2 unspecified atom stereocenters. The van der Waals surface area contributed by atoms with E-state index < -0.39 is 12.0 Å². The zero-order valence-corrected chi connectivity index (χ0v) is 13.9. The number of aliphatic hydroxyl groups is 1. The van der Waals surface area contributed by atoms with Crippen molar-refractivity contribution in [2.45, 2.75) is 57.4 Å². The zero-order valence-electron chi connectivity index (χ0n) is 13.9. The van der Waals surface area contributed by atoms with E-state index in [1.54, 1.807) is 6.08 Å². The summed E-state index contributed by atoms with van der Waals surface area (Å²) in [6.45, 7) is 2.56. The monoisotopic (exact) mass is 318 g/mol. The first kappa shape index (κ1) is 17.9. The molecule has 23 heavy (non-hydrogen) atoms. The van der Waals surface area contributed by atoms with E-state index in [1.165, 1.54) is 37.8 Å². The van der Waals surface area contributed by atoms with Gasteiger partial charge >= 0.3 is 0 Å². The summed E-state index contributed by atoms with van der Waals surface area (Å²) in [6, 6.07) is 9.58. The second kappa shape index (κ2) is 8.99. The highest BCUT2D eigenvalue weighted by molar-refractivity contribution is 5.75. The predicted octanol–water partition coefficient (Wildman–Crippen LogP) is 5.04. The number of ether oxygens (including phenoxy) is 1. The van der Waals surface area contributed by atoms with Crippen LogP contribution in [0.5, 0.6) is 0 Å². The quantitative estimate of drug-likeness (QED) is 0.510. The first-order valence-electron chi connectivity index (χ1n) is 8.62. The van der Waals surface area contributed by atoms with Crippen LogP contribution in [0.2, 0.25) is 0 Å². The number of unbranched alkanes of at least 4 members (excludes halogenated alkanes) is 5. The molecule has 0 aliphatic heterocycles. The van der Waals surface area contributed by atoms with E-state index >= 15 is 0 Å². The summed E-state index contributed by atoms with van der Waals surface area (Å²) >= 11 is 0. The van der Waals surface area contributed by atoms with Crippen molar-refractivity contribution in [3.8, 4) is 0 Å². The van der Waals surface area contributed by atoms with Gasteiger partial charge in [-0.3, -0.25) is 0 Å². The number of hydrogen-bond acceptors (Lipinski definition) is 2. The van der Waals surface area contributed by atoms with Gasteiger partial charge in [-0.15, -0.1) is 0 Å². The van der Waals surface area contributed by atoms with Gasteiger partial charge in [-0.05, 0) is 29.7 Å². The van der Waals surface area contributed by atoms with Crippen LogP contribution in [0.4, 0.5) is 4.39 Å². The molecular weight excluding hydrogens is 291 g/mol. The molecule has 3 heteroatoms. The molecule has 0 aromatic heterocycles. The minimum absolute atomic E-state index is 0.377. The van der Waals surface area contributed by atoms with Gasteiger partial charge in [-0.2, -0.15) is 0 Å². The van der Waals surface area contributed by atoms with Gasteiger partial charge in [0.1, 0.15) is 0 Å². The number of rotatable bonds is 9. The van der Waals surface area contributed by atoms with Crippen molar-refractivity contribution < 1.29 is 14.2 Å². The molecule has 0 radical (unpaired) electrons. The third-order valence-corrected chi connectivity index (χ3v) is 4.16. The van der Waals surface area contributed by atoms with E-state index in [1.807, 2.05) is 30.3 Å². The van der Waals surface area contributed by atoms with Gasteiger partial charge in [0, 0.05) is 0 Å². The Labute approximate surface area is 138 Å². The molecule has 0 amide bonds. The highest BCUT2D eigenvalue weighted by Crippen LogP contribution is 2.30. The Hall–Kier alpha value is -1.45. The van der Waals surface area contributed by atoms with Crippen LogP contribution >= 0.6 is 0 Å². The predicted molar refractivity (Wildman–Crippen MR) is 92.7 cm³/mol. The molecule has 1 aliphatic carbocycles. The molecule has 2 atom stereocenters. The minimum Gasteiger partial charge on any atom is -0.360 e. The fourth-order valence-corrected chi connectivity index (χ4v) is 2.70. The molecule has 0 saturated carbocycles. The summed E-state index contributed by atoms with van der Waals surface area (Å²) in [4.78, 5) is 0. The van der Waals surface area contributed by atoms with E-state index in [0.29, 0.717) is 6.61 Å². The largest absolute Gasteiger partial charge is 0.360 e. The summed E-state index contributed by atoms with van der Waals surface area (Å²) in [7, 11) is 0. The fraction of sp³-hybridized carbons (Fsp3) is 0.500. The average Bonchev–Trinajstić information content (AvgIpc) is 2.57. The molecule has 126 valence electrons. The van der Waals surface area contributed by atoms with Crippen molar-refractivity contribution in [2.24, 2.45) is 0 Å². The van der Waals surface area contributed by atoms with Gasteiger partial charge in [0.05, 0.1) is 6.61 Å². The molecule has 0 saturated heterocycles. The zero-order chi connectivity index (χ0) is 16.5. The number of halogens is 1. The van der Waals surface area contributed by atoms with Gasteiger partial charge in [-0.1, -0.05) is 75.4 Å². The second-order valence-corrected chi connectivity index (χ2v) is 6.09. The average molecular weight is 318 g/mol. The molecule has 1 aliphatic rings. The van der Waals surface area contributed by atoms with Crippen LogP contribution in [-0.4, -0.2) is 23.7 Å². The Morgan fingerprint density at radius 3 is 2.48 bits per heavy atom. The van der Waals surface area contributed by atoms with Crippen LogP contribution in [0.3, 0.4) is 0 Å². The molecule has 0 fully saturated rings. The van der Waals surface area contributed by atoms with E-state index in [4.69, 9.17) is 4.74 Å². The van der Waals surface area contributed by atoms with Crippen LogP contribution in [0.1, 0.15) is 51.0 Å². The lowest BCUT2D eigenvalue weighted by Gasteiger charge is -2.30. The highest BCUT2D eigenvalue weighted by Gasteiger charge is 2.36. The molecule has 1 aromatic rings. The minimum atomic E-state index is -1.83. The lowest BCUT2D eigenvalue weighted by molar-refractivity contribution is -0.195. The first-order chi connectivity index (χ1) is 11.2. The summed E-state index contributed by atoms with van der Waals surface area (Å²) in [5, 5.41) is 10.3. The van der Waals surface area contributed by atoms with Crippen molar-refractivity contribution in [2.75, 3.05) is 6.61 Å². The number of hydrogen-bond donors (Lipinski definition) is 1. The van der Waals surface area contributed by atoms with E-state index in [2.05, 4.69) is 6.92 Å². The molecular formula is C20H27FO2. The van der Waals surface area contributed by atoms with Gasteiger partial charge in [0.25, 0.3) is 0 Å². The van der Waals surface area contributed by atoms with E-state index in [9.17, 15) is 9.50 Å². The van der Waals surface area contributed by atoms with Crippen molar-refractivity contribution >= 4 is 5.57 Å². The maximum Gasteiger partial charge on any atom is 0.221 e. The van der Waals surface area contributed by atoms with Gasteiger partial charge < -0.3 is 9.84 Å². The lowest BCUT2D eigenvalue weighted by atomic mass is 9.95. The Kier molecular flexibility index (Phi) is 7.00. The highest BCUT2D eigenvalue weighted by atomic mass is 19.1. The third kappa shape index (κ3) is 5.29. The van der Waals surface area contributed by atoms with Crippen molar-refractivity contribution in [1.82, 2.24) is 0 Å². The van der Waals surface area contributed by atoms with Crippen molar-refractivity contribution in [1.29, 1.82) is 0 Å². The SMILES string of the molecule is CCCCCCCCOC1(O)C=CC(c2ccccc2)=CC1F. The maximum atomic E-state index is 14.3. The Bertz CT molecular complexity index is 524. The van der Waals surface area contributed by atoms with E-state index in [0.717, 1.165) is 24.0 Å². The summed E-state index contributed by atoms with van der Waals surface area (Å²) in [5.74, 6) is -1.83. The summed E-state index contributed by atoms with van der Waals surface area (Å²) in [6.07, 6.45) is 9.82. The summed E-state index contributed by atoms with van der Waals surface area (Å²) < 4.78 is 19.8. The van der Waals surface area contributed by atoms with Crippen molar-refractivity contribution in [3.63, 3.8) is 0 Å². The Morgan fingerprint density at radius 2 is 1.78 bits per heavy atom. The molecule has 0 heterocycles. The van der Waals surface area contributed by atoms with Gasteiger partial charge in [-0.25, -0.2) is 4.39 Å². The Morgan fingerprint density at radius 1 is 1.09 bits per heavy atom. The number of benzene rings is 1. The number of alkyl halides is 1. The Balaban J connectivity index is 1.80. The second-order valence-electron chi connectivity index (χ2n) is 6.09. The normalized spacial score (nSPS) is 23.8. The molecule has 0 spiro atoms. The first-order valence-corrected chi connectivity index (χ1v) is 8.62. The van der Waals surface area contributed by atoms with Crippen LogP contribution in [0.25, 0.3) is 5.57 Å². The number of allylic oxidation sites excluding steroid dienone is 2.